The average molecular weight is 329 g/mol. The second-order valence-corrected chi connectivity index (χ2v) is 7.60. The highest BCUT2D eigenvalue weighted by atomic mass is 32.2. The van der Waals surface area contributed by atoms with E-state index < -0.39 is 33.0 Å². The Kier molecular flexibility index (Phi) is 4.39. The van der Waals surface area contributed by atoms with E-state index in [1.54, 1.807) is 0 Å². The molecule has 1 aromatic rings. The van der Waals surface area contributed by atoms with Crippen LogP contribution in [0, 0.1) is 0 Å². The number of aromatic nitrogens is 2. The maximum atomic E-state index is 12.2. The number of aromatic hydroxyl groups is 1. The minimum Gasteiger partial charge on any atom is -0.501 e. The van der Waals surface area contributed by atoms with E-state index in [-0.39, 0.29) is 17.3 Å². The highest BCUT2D eigenvalue weighted by Gasteiger charge is 2.33. The lowest BCUT2D eigenvalue weighted by molar-refractivity contribution is 0.100. The summed E-state index contributed by atoms with van der Waals surface area (Å²) in [6, 6.07) is -0.611. The molecule has 2 rings (SSSR count). The maximum absolute atomic E-state index is 12.2. The molecule has 1 aliphatic rings. The normalized spacial score (nSPS) is 19.0. The summed E-state index contributed by atoms with van der Waals surface area (Å²) in [5.74, 6) is -1.20. The van der Waals surface area contributed by atoms with E-state index in [2.05, 4.69) is 4.98 Å². The van der Waals surface area contributed by atoms with Gasteiger partial charge in [-0.05, 0) is 6.54 Å². The molecule has 0 aromatic carbocycles. The van der Waals surface area contributed by atoms with Crippen LogP contribution < -0.4 is 5.56 Å². The molecule has 1 aromatic heterocycles. The zero-order valence-corrected chi connectivity index (χ0v) is 13.6. The summed E-state index contributed by atoms with van der Waals surface area (Å²) in [4.78, 5) is 29.7. The Balaban J connectivity index is 2.67. The van der Waals surface area contributed by atoms with Gasteiger partial charge in [-0.1, -0.05) is 6.92 Å². The lowest BCUT2D eigenvalue weighted by Gasteiger charge is -2.36. The van der Waals surface area contributed by atoms with Crippen LogP contribution in [0.5, 0.6) is 5.75 Å². The zero-order chi connectivity index (χ0) is 16.7. The fourth-order valence-corrected chi connectivity index (χ4v) is 3.60. The number of Topliss-reactive ketones (excluding diaryl/α,β-unsaturated/α-hetero) is 1. The Morgan fingerprint density at radius 3 is 2.55 bits per heavy atom. The quantitative estimate of drug-likeness (QED) is 0.747. The van der Waals surface area contributed by atoms with Crippen LogP contribution in [0.25, 0.3) is 0 Å². The van der Waals surface area contributed by atoms with Crippen molar-refractivity contribution < 1.29 is 18.3 Å². The number of sulfone groups is 1. The number of hydrogen-bond acceptors (Lipinski definition) is 7. The number of fused-ring (bicyclic) bond motifs is 1. The van der Waals surface area contributed by atoms with E-state index in [1.165, 1.54) is 11.5 Å². The summed E-state index contributed by atoms with van der Waals surface area (Å²) in [6.45, 7) is 4.44. The molecular weight excluding hydrogens is 310 g/mol. The molecule has 0 spiro atoms. The molecule has 22 heavy (non-hydrogen) atoms. The Hall–Kier alpha value is -1.74. The van der Waals surface area contributed by atoms with Gasteiger partial charge >= 0.3 is 0 Å². The van der Waals surface area contributed by atoms with Crippen molar-refractivity contribution in [1.82, 2.24) is 14.5 Å². The average Bonchev–Trinajstić information content (AvgIpc) is 2.41. The number of rotatable bonds is 4. The Morgan fingerprint density at radius 2 is 2.05 bits per heavy atom. The number of ketones is 1. The van der Waals surface area contributed by atoms with Crippen LogP contribution in [0.3, 0.4) is 0 Å². The predicted octanol–water partition coefficient (Wildman–Crippen LogP) is -0.427. The SMILES string of the molecule is CCN1CCn2c(nc(C(C)=O)c(O)c2=O)C1CS(C)(=O)=O. The minimum atomic E-state index is -3.31. The van der Waals surface area contributed by atoms with E-state index in [0.717, 1.165) is 6.26 Å². The summed E-state index contributed by atoms with van der Waals surface area (Å²) in [6.07, 6.45) is 1.12. The second-order valence-electron chi connectivity index (χ2n) is 5.42. The molecule has 0 amide bonds. The lowest BCUT2D eigenvalue weighted by atomic mass is 10.1. The highest BCUT2D eigenvalue weighted by Crippen LogP contribution is 2.26. The molecule has 9 heteroatoms. The Labute approximate surface area is 128 Å². The lowest BCUT2D eigenvalue weighted by Crippen LogP contribution is -2.46. The van der Waals surface area contributed by atoms with Gasteiger partial charge in [0.2, 0.25) is 5.75 Å². The van der Waals surface area contributed by atoms with Crippen LogP contribution >= 0.6 is 0 Å². The van der Waals surface area contributed by atoms with Gasteiger partial charge in [0.15, 0.2) is 11.5 Å². The molecule has 0 bridgehead atoms. The summed E-state index contributed by atoms with van der Waals surface area (Å²) < 4.78 is 24.6. The van der Waals surface area contributed by atoms with Crippen molar-refractivity contribution in [3.63, 3.8) is 0 Å². The number of nitrogens with zero attached hydrogens (tertiary/aromatic N) is 3. The largest absolute Gasteiger partial charge is 0.501 e. The van der Waals surface area contributed by atoms with Crippen molar-refractivity contribution >= 4 is 15.6 Å². The van der Waals surface area contributed by atoms with Crippen molar-refractivity contribution in [1.29, 1.82) is 0 Å². The van der Waals surface area contributed by atoms with Crippen molar-refractivity contribution in [2.75, 3.05) is 25.1 Å². The Morgan fingerprint density at radius 1 is 1.41 bits per heavy atom. The molecule has 1 atom stereocenters. The van der Waals surface area contributed by atoms with Crippen LogP contribution in [0.4, 0.5) is 0 Å². The van der Waals surface area contributed by atoms with E-state index in [9.17, 15) is 23.1 Å². The van der Waals surface area contributed by atoms with Crippen LogP contribution in [0.15, 0.2) is 4.79 Å². The van der Waals surface area contributed by atoms with Gasteiger partial charge in [-0.25, -0.2) is 13.4 Å². The van der Waals surface area contributed by atoms with Crippen LogP contribution in [0.2, 0.25) is 0 Å². The van der Waals surface area contributed by atoms with Gasteiger partial charge in [0.25, 0.3) is 5.56 Å². The third kappa shape index (κ3) is 3.05. The molecule has 2 heterocycles. The number of hydrogen-bond donors (Lipinski definition) is 1. The van der Waals surface area contributed by atoms with Crippen molar-refractivity contribution in [3.05, 3.63) is 21.9 Å². The molecule has 0 saturated heterocycles. The fourth-order valence-electron chi connectivity index (χ4n) is 2.67. The number of carbonyl (C=O) groups is 1. The van der Waals surface area contributed by atoms with Crippen molar-refractivity contribution in [3.8, 4) is 5.75 Å². The van der Waals surface area contributed by atoms with Gasteiger partial charge in [0.05, 0.1) is 11.8 Å². The van der Waals surface area contributed by atoms with E-state index in [0.29, 0.717) is 19.6 Å². The summed E-state index contributed by atoms with van der Waals surface area (Å²) >= 11 is 0. The number of carbonyl (C=O) groups excluding carboxylic acids is 1. The minimum absolute atomic E-state index is 0.199. The first-order chi connectivity index (χ1) is 10.2. The molecule has 1 unspecified atom stereocenters. The molecular formula is C13H19N3O5S. The first-order valence-corrected chi connectivity index (χ1v) is 8.98. The van der Waals surface area contributed by atoms with Gasteiger partial charge in [-0.15, -0.1) is 0 Å². The standard InChI is InChI=1S/C13H19N3O5S/c1-4-15-5-6-16-12(9(15)7-22(3,20)21)14-10(8(2)17)11(18)13(16)19/h9,18H,4-7H2,1-3H3. The smallest absolute Gasteiger partial charge is 0.296 e. The molecule has 0 aliphatic carbocycles. The first kappa shape index (κ1) is 16.6. The third-order valence-corrected chi connectivity index (χ3v) is 4.65. The van der Waals surface area contributed by atoms with Crippen molar-refractivity contribution in [2.45, 2.75) is 26.4 Å². The highest BCUT2D eigenvalue weighted by molar-refractivity contribution is 7.90. The molecule has 8 nitrogen and oxygen atoms in total. The maximum Gasteiger partial charge on any atom is 0.296 e. The van der Waals surface area contributed by atoms with E-state index in [1.807, 2.05) is 11.8 Å². The zero-order valence-electron chi connectivity index (χ0n) is 12.7. The second kappa shape index (κ2) is 5.81. The Bertz CT molecular complexity index is 769. The molecule has 122 valence electrons. The monoisotopic (exact) mass is 329 g/mol. The summed E-state index contributed by atoms with van der Waals surface area (Å²) in [7, 11) is -3.31. The van der Waals surface area contributed by atoms with Crippen LogP contribution in [0.1, 0.15) is 36.2 Å². The molecule has 0 fully saturated rings. The molecule has 1 N–H and O–H groups in total. The van der Waals surface area contributed by atoms with E-state index >= 15 is 0 Å². The third-order valence-electron chi connectivity index (χ3n) is 3.72. The fraction of sp³-hybridized carbons (Fsp3) is 0.615. The van der Waals surface area contributed by atoms with Gasteiger partial charge in [-0.3, -0.25) is 19.1 Å². The van der Waals surface area contributed by atoms with Gasteiger partial charge in [0.1, 0.15) is 15.7 Å². The van der Waals surface area contributed by atoms with Crippen molar-refractivity contribution in [2.24, 2.45) is 0 Å². The van der Waals surface area contributed by atoms with Gasteiger partial charge in [-0.2, -0.15) is 0 Å². The molecule has 0 radical (unpaired) electrons. The first-order valence-electron chi connectivity index (χ1n) is 6.92. The summed E-state index contributed by atoms with van der Waals surface area (Å²) in [5, 5.41) is 9.82. The summed E-state index contributed by atoms with van der Waals surface area (Å²) in [5.41, 5.74) is -1.02. The van der Waals surface area contributed by atoms with Gasteiger partial charge < -0.3 is 5.11 Å². The van der Waals surface area contributed by atoms with Crippen LogP contribution in [-0.4, -0.2) is 58.9 Å². The number of likely N-dealkylation sites (N-methyl/N-ethyl adjacent to an activating group) is 1. The molecule has 0 saturated carbocycles. The van der Waals surface area contributed by atoms with E-state index in [4.69, 9.17) is 0 Å². The molecule has 1 aliphatic heterocycles. The predicted molar refractivity (Wildman–Crippen MR) is 79.9 cm³/mol. The topological polar surface area (TPSA) is 110 Å². The van der Waals surface area contributed by atoms with Gasteiger partial charge in [0, 0.05) is 26.3 Å². The van der Waals surface area contributed by atoms with Crippen LogP contribution in [-0.2, 0) is 16.4 Å².